The van der Waals surface area contributed by atoms with Crippen LogP contribution in [0.15, 0.2) is 24.5 Å². The zero-order chi connectivity index (χ0) is 9.97. The van der Waals surface area contributed by atoms with E-state index in [-0.39, 0.29) is 0 Å². The monoisotopic (exact) mass is 208 g/mol. The second-order valence-corrected chi connectivity index (χ2v) is 3.20. The number of nitrogens with zero attached hydrogens (tertiary/aromatic N) is 2. The maximum absolute atomic E-state index is 5.96. The summed E-state index contributed by atoms with van der Waals surface area (Å²) in [6.07, 6.45) is 3.35. The standard InChI is InChI=1S/C9H9ClN4/c10-7-2-1-3-12-8(7)9-13-5-6(4-11)14-9/h1-3,5H,4,11H2,(H,13,14). The average molecular weight is 209 g/mol. The maximum Gasteiger partial charge on any atom is 0.157 e. The van der Waals surface area contributed by atoms with Crippen molar-refractivity contribution >= 4 is 11.6 Å². The number of imidazole rings is 1. The molecule has 0 saturated carbocycles. The van der Waals surface area contributed by atoms with E-state index < -0.39 is 0 Å². The van der Waals surface area contributed by atoms with E-state index in [0.717, 1.165) is 5.69 Å². The van der Waals surface area contributed by atoms with Gasteiger partial charge in [-0.15, -0.1) is 0 Å². The Balaban J connectivity index is 2.44. The summed E-state index contributed by atoms with van der Waals surface area (Å²) in [5.41, 5.74) is 6.96. The summed E-state index contributed by atoms with van der Waals surface area (Å²) in [6.45, 7) is 0.428. The van der Waals surface area contributed by atoms with E-state index in [1.54, 1.807) is 24.5 Å². The minimum atomic E-state index is 0.428. The molecule has 0 unspecified atom stereocenters. The van der Waals surface area contributed by atoms with Gasteiger partial charge in [-0.05, 0) is 12.1 Å². The fourth-order valence-corrected chi connectivity index (χ4v) is 1.35. The van der Waals surface area contributed by atoms with Gasteiger partial charge in [0.05, 0.1) is 5.02 Å². The van der Waals surface area contributed by atoms with Gasteiger partial charge in [0, 0.05) is 24.6 Å². The molecule has 0 spiro atoms. The normalized spacial score (nSPS) is 10.4. The van der Waals surface area contributed by atoms with Crippen LogP contribution in [-0.2, 0) is 6.54 Å². The molecule has 72 valence electrons. The Hall–Kier alpha value is -1.39. The van der Waals surface area contributed by atoms with Crippen LogP contribution in [0.5, 0.6) is 0 Å². The number of halogens is 1. The van der Waals surface area contributed by atoms with Gasteiger partial charge in [-0.3, -0.25) is 4.98 Å². The maximum atomic E-state index is 5.96. The predicted octanol–water partition coefficient (Wildman–Crippen LogP) is 1.58. The Morgan fingerprint density at radius 3 is 2.93 bits per heavy atom. The first-order valence-corrected chi connectivity index (χ1v) is 4.54. The molecule has 0 aliphatic heterocycles. The van der Waals surface area contributed by atoms with Gasteiger partial charge in [0.25, 0.3) is 0 Å². The second kappa shape index (κ2) is 3.77. The molecule has 0 amide bonds. The third kappa shape index (κ3) is 1.62. The summed E-state index contributed by atoms with van der Waals surface area (Å²) in [7, 11) is 0. The summed E-state index contributed by atoms with van der Waals surface area (Å²) >= 11 is 5.96. The van der Waals surface area contributed by atoms with Crippen LogP contribution in [0.4, 0.5) is 0 Å². The summed E-state index contributed by atoms with van der Waals surface area (Å²) < 4.78 is 0. The zero-order valence-corrected chi connectivity index (χ0v) is 8.12. The lowest BCUT2D eigenvalue weighted by atomic mass is 10.3. The lowest BCUT2D eigenvalue weighted by Crippen LogP contribution is -1.96. The first kappa shape index (κ1) is 9.18. The smallest absolute Gasteiger partial charge is 0.157 e. The van der Waals surface area contributed by atoms with Crippen molar-refractivity contribution in [2.45, 2.75) is 6.54 Å². The molecule has 0 saturated heterocycles. The number of nitrogens with two attached hydrogens (primary N) is 1. The number of aromatic amines is 1. The minimum Gasteiger partial charge on any atom is -0.339 e. The summed E-state index contributed by atoms with van der Waals surface area (Å²) in [5, 5.41) is 0.574. The van der Waals surface area contributed by atoms with Crippen molar-refractivity contribution < 1.29 is 0 Å². The molecule has 0 radical (unpaired) electrons. The lowest BCUT2D eigenvalue weighted by molar-refractivity contribution is 1.01. The van der Waals surface area contributed by atoms with Gasteiger partial charge in [-0.25, -0.2) is 4.98 Å². The topological polar surface area (TPSA) is 67.6 Å². The van der Waals surface area contributed by atoms with E-state index in [9.17, 15) is 0 Å². The molecule has 4 nitrogen and oxygen atoms in total. The van der Waals surface area contributed by atoms with E-state index in [1.807, 2.05) is 0 Å². The molecule has 5 heteroatoms. The van der Waals surface area contributed by atoms with Gasteiger partial charge in [0.2, 0.25) is 0 Å². The molecule has 2 rings (SSSR count). The molecule has 14 heavy (non-hydrogen) atoms. The fraction of sp³-hybridized carbons (Fsp3) is 0.111. The van der Waals surface area contributed by atoms with Crippen LogP contribution in [-0.4, -0.2) is 15.0 Å². The number of nitrogens with one attached hydrogen (secondary N) is 1. The van der Waals surface area contributed by atoms with Crippen molar-refractivity contribution in [2.75, 3.05) is 0 Å². The Morgan fingerprint density at radius 2 is 2.29 bits per heavy atom. The van der Waals surface area contributed by atoms with Gasteiger partial charge in [-0.2, -0.15) is 0 Å². The van der Waals surface area contributed by atoms with Crippen LogP contribution in [0.3, 0.4) is 0 Å². The quantitative estimate of drug-likeness (QED) is 0.788. The highest BCUT2D eigenvalue weighted by Crippen LogP contribution is 2.21. The SMILES string of the molecule is NCc1cnc(-c2ncccc2Cl)[nH]1. The Morgan fingerprint density at radius 1 is 1.43 bits per heavy atom. The molecule has 3 N–H and O–H groups in total. The molecular formula is C9H9ClN4. The van der Waals surface area contributed by atoms with Gasteiger partial charge < -0.3 is 10.7 Å². The highest BCUT2D eigenvalue weighted by Gasteiger charge is 2.07. The fourth-order valence-electron chi connectivity index (χ4n) is 1.14. The molecule has 2 aromatic rings. The summed E-state index contributed by atoms with van der Waals surface area (Å²) in [5.74, 6) is 0.649. The molecule has 2 aromatic heterocycles. The second-order valence-electron chi connectivity index (χ2n) is 2.80. The van der Waals surface area contributed by atoms with Crippen molar-refractivity contribution in [3.63, 3.8) is 0 Å². The molecule has 0 aliphatic carbocycles. The largest absolute Gasteiger partial charge is 0.339 e. The van der Waals surface area contributed by atoms with Crippen molar-refractivity contribution in [3.05, 3.63) is 35.2 Å². The molecule has 2 heterocycles. The van der Waals surface area contributed by atoms with Gasteiger partial charge >= 0.3 is 0 Å². The van der Waals surface area contributed by atoms with Crippen molar-refractivity contribution in [3.8, 4) is 11.5 Å². The van der Waals surface area contributed by atoms with E-state index in [1.165, 1.54) is 0 Å². The number of hydrogen-bond donors (Lipinski definition) is 2. The first-order valence-electron chi connectivity index (χ1n) is 4.16. The Kier molecular flexibility index (Phi) is 2.47. The van der Waals surface area contributed by atoms with E-state index >= 15 is 0 Å². The van der Waals surface area contributed by atoms with Crippen LogP contribution in [0, 0.1) is 0 Å². The van der Waals surface area contributed by atoms with Crippen LogP contribution in [0.2, 0.25) is 5.02 Å². The van der Waals surface area contributed by atoms with Crippen molar-refractivity contribution in [1.29, 1.82) is 0 Å². The van der Waals surface area contributed by atoms with Crippen LogP contribution >= 0.6 is 11.6 Å². The number of H-pyrrole nitrogens is 1. The average Bonchev–Trinajstić information content (AvgIpc) is 2.67. The van der Waals surface area contributed by atoms with Crippen LogP contribution in [0.25, 0.3) is 11.5 Å². The highest BCUT2D eigenvalue weighted by molar-refractivity contribution is 6.32. The Bertz CT molecular complexity index is 438. The van der Waals surface area contributed by atoms with Gasteiger partial charge in [0.15, 0.2) is 5.82 Å². The molecular weight excluding hydrogens is 200 g/mol. The van der Waals surface area contributed by atoms with Crippen LogP contribution < -0.4 is 5.73 Å². The van der Waals surface area contributed by atoms with Gasteiger partial charge in [-0.1, -0.05) is 11.6 Å². The highest BCUT2D eigenvalue weighted by atomic mass is 35.5. The van der Waals surface area contributed by atoms with E-state index in [0.29, 0.717) is 23.1 Å². The lowest BCUT2D eigenvalue weighted by Gasteiger charge is -1.97. The third-order valence-electron chi connectivity index (χ3n) is 1.83. The molecule has 0 bridgehead atoms. The van der Waals surface area contributed by atoms with E-state index in [4.69, 9.17) is 17.3 Å². The molecule has 0 aromatic carbocycles. The minimum absolute atomic E-state index is 0.428. The third-order valence-corrected chi connectivity index (χ3v) is 2.14. The number of hydrogen-bond acceptors (Lipinski definition) is 3. The predicted molar refractivity (Wildman–Crippen MR) is 54.7 cm³/mol. The summed E-state index contributed by atoms with van der Waals surface area (Å²) in [4.78, 5) is 11.3. The number of aromatic nitrogens is 3. The van der Waals surface area contributed by atoms with Crippen LogP contribution in [0.1, 0.15) is 5.69 Å². The molecule has 0 atom stereocenters. The molecule has 0 aliphatic rings. The first-order chi connectivity index (χ1) is 6.81. The zero-order valence-electron chi connectivity index (χ0n) is 7.37. The van der Waals surface area contributed by atoms with Crippen molar-refractivity contribution in [2.24, 2.45) is 5.73 Å². The van der Waals surface area contributed by atoms with Crippen molar-refractivity contribution in [1.82, 2.24) is 15.0 Å². The number of pyridine rings is 1. The number of rotatable bonds is 2. The van der Waals surface area contributed by atoms with E-state index in [2.05, 4.69) is 15.0 Å². The van der Waals surface area contributed by atoms with Gasteiger partial charge in [0.1, 0.15) is 5.69 Å². The molecule has 0 fully saturated rings. The summed E-state index contributed by atoms with van der Waals surface area (Å²) in [6, 6.07) is 3.55. The Labute approximate surface area is 86.1 Å².